The van der Waals surface area contributed by atoms with Crippen LogP contribution in [0.1, 0.15) is 91.9 Å². The molecule has 0 radical (unpaired) electrons. The van der Waals surface area contributed by atoms with E-state index >= 15 is 0 Å². The number of guanidine groups is 1. The zero-order valence-corrected chi connectivity index (χ0v) is 29.9. The van der Waals surface area contributed by atoms with Crippen LogP contribution in [0.3, 0.4) is 0 Å². The van der Waals surface area contributed by atoms with Crippen molar-refractivity contribution >= 4 is 45.5 Å². The van der Waals surface area contributed by atoms with Gasteiger partial charge in [0.15, 0.2) is 0 Å². The van der Waals surface area contributed by atoms with E-state index in [1.54, 1.807) is 68.4 Å². The Morgan fingerprint density at radius 2 is 1.62 bits per heavy atom. The van der Waals surface area contributed by atoms with Crippen LogP contribution in [0, 0.1) is 20.8 Å². The van der Waals surface area contributed by atoms with Gasteiger partial charge in [0.2, 0.25) is 5.96 Å². The molecule has 2 atom stereocenters. The van der Waals surface area contributed by atoms with Crippen LogP contribution in [0.2, 0.25) is 0 Å². The third-order valence-electron chi connectivity index (χ3n) is 6.33. The highest BCUT2D eigenvalue weighted by Crippen LogP contribution is 2.30. The van der Waals surface area contributed by atoms with Crippen LogP contribution in [0.25, 0.3) is 0 Å². The Labute approximate surface area is 279 Å². The maximum Gasteiger partial charge on any atom is 0.414 e. The van der Waals surface area contributed by atoms with E-state index in [4.69, 9.17) is 14.2 Å². The Bertz CT molecular complexity index is 1590. The van der Waals surface area contributed by atoms with E-state index < -0.39 is 57.5 Å². The van der Waals surface area contributed by atoms with Crippen molar-refractivity contribution in [3.63, 3.8) is 0 Å². The molecule has 0 bridgehead atoms. The van der Waals surface area contributed by atoms with Crippen molar-refractivity contribution in [2.24, 2.45) is 4.99 Å². The number of alkyl carbamates (subject to hydrolysis) is 2. The molecule has 0 saturated carbocycles. The summed E-state index contributed by atoms with van der Waals surface area (Å²) in [4.78, 5) is 44.7. The lowest BCUT2D eigenvalue weighted by atomic mass is 10.1. The number of aromatic nitrogens is 1. The number of methoxy groups -OCH3 is 1. The van der Waals surface area contributed by atoms with Gasteiger partial charge in [-0.15, -0.1) is 11.3 Å². The van der Waals surface area contributed by atoms with E-state index in [2.05, 4.69) is 25.3 Å². The number of rotatable bonds is 11. The van der Waals surface area contributed by atoms with E-state index in [9.17, 15) is 33.0 Å². The number of aromatic carboxylic acids is 1. The second-order valence-electron chi connectivity index (χ2n) is 12.6. The Kier molecular flexibility index (Phi) is 13.1. The van der Waals surface area contributed by atoms with Gasteiger partial charge >= 0.3 is 18.2 Å². The third-order valence-corrected chi connectivity index (χ3v) is 9.01. The summed E-state index contributed by atoms with van der Waals surface area (Å²) in [5, 5.41) is 25.3. The zero-order chi connectivity index (χ0) is 35.9. The number of amides is 2. The van der Waals surface area contributed by atoms with Crippen molar-refractivity contribution in [2.45, 2.75) is 103 Å². The molecule has 1 unspecified atom stereocenters. The SMILES string of the molecule is COc1cc(C)c(S(=O)(=O)NC(=NCCC[C@H](NC(=O)OC(C)(C)C)C(O)c2ncc(C(=O)O)s2)NC(=O)OC(C)(C)C)c(C)c1C. The summed E-state index contributed by atoms with van der Waals surface area (Å²) in [6.07, 6.45) is -1.82. The van der Waals surface area contributed by atoms with E-state index in [-0.39, 0.29) is 34.2 Å². The van der Waals surface area contributed by atoms with Gasteiger partial charge in [0, 0.05) is 6.54 Å². The predicted molar refractivity (Wildman–Crippen MR) is 176 cm³/mol. The largest absolute Gasteiger partial charge is 0.496 e. The van der Waals surface area contributed by atoms with Crippen molar-refractivity contribution in [1.82, 2.24) is 20.3 Å². The van der Waals surface area contributed by atoms with Crippen LogP contribution in [-0.4, -0.2) is 78.6 Å². The van der Waals surface area contributed by atoms with Crippen molar-refractivity contribution in [3.8, 4) is 5.75 Å². The molecule has 2 aromatic rings. The van der Waals surface area contributed by atoms with Gasteiger partial charge in [-0.25, -0.2) is 32.5 Å². The van der Waals surface area contributed by atoms with Crippen LogP contribution >= 0.6 is 11.3 Å². The molecule has 17 heteroatoms. The summed E-state index contributed by atoms with van der Waals surface area (Å²) < 4.78 is 45.5. The molecule has 0 saturated heterocycles. The number of hydrogen-bond donors (Lipinski definition) is 5. The number of nitrogens with zero attached hydrogens (tertiary/aromatic N) is 2. The molecule has 1 aromatic heterocycles. The first-order valence-electron chi connectivity index (χ1n) is 14.6. The van der Waals surface area contributed by atoms with Crippen molar-refractivity contribution in [2.75, 3.05) is 13.7 Å². The lowest BCUT2D eigenvalue weighted by Gasteiger charge is -2.26. The number of aliphatic imine (C=N–C) groups is 1. The number of ether oxygens (including phenoxy) is 3. The first kappa shape index (κ1) is 39.2. The minimum atomic E-state index is -4.27. The summed E-state index contributed by atoms with van der Waals surface area (Å²) in [5.41, 5.74) is -0.243. The number of benzene rings is 1. The Balaban J connectivity index is 2.36. The topological polar surface area (TPSA) is 215 Å². The number of carbonyl (C=O) groups is 3. The van der Waals surface area contributed by atoms with E-state index in [1.807, 2.05) is 0 Å². The normalized spacial score (nSPS) is 13.7. The number of carboxylic acids is 1. The molecule has 2 amide bonds. The van der Waals surface area contributed by atoms with Crippen LogP contribution in [0.4, 0.5) is 9.59 Å². The number of sulfonamides is 1. The molecule has 0 fully saturated rings. The lowest BCUT2D eigenvalue weighted by molar-refractivity contribution is 0.0411. The monoisotopic (exact) mass is 699 g/mol. The van der Waals surface area contributed by atoms with Crippen LogP contribution in [-0.2, 0) is 19.5 Å². The van der Waals surface area contributed by atoms with Gasteiger partial charge in [0.25, 0.3) is 10.0 Å². The highest BCUT2D eigenvalue weighted by Gasteiger charge is 2.29. The lowest BCUT2D eigenvalue weighted by Crippen LogP contribution is -2.46. The molecule has 15 nitrogen and oxygen atoms in total. The quantitative estimate of drug-likeness (QED) is 0.126. The van der Waals surface area contributed by atoms with Gasteiger partial charge in [-0.3, -0.25) is 10.3 Å². The van der Waals surface area contributed by atoms with E-state index in [0.717, 1.165) is 17.5 Å². The third kappa shape index (κ3) is 12.0. The number of aryl methyl sites for hydroxylation is 1. The molecular formula is C30H45N5O10S2. The van der Waals surface area contributed by atoms with Gasteiger partial charge < -0.3 is 29.7 Å². The Morgan fingerprint density at radius 1 is 1.02 bits per heavy atom. The number of carboxylic acid groups (broad SMARTS) is 1. The van der Waals surface area contributed by atoms with Gasteiger partial charge in [-0.2, -0.15) is 0 Å². The average molecular weight is 700 g/mol. The fourth-order valence-corrected chi connectivity index (χ4v) is 6.61. The standard InChI is InChI=1S/C30H45N5O10S2/c1-16-14-20(43-10)17(2)18(3)23(16)47(41,42)35-26(34-28(40)45-30(7,8)9)31-13-11-12-19(33-27(39)44-29(4,5)6)22(36)24-32-15-21(46-24)25(37)38/h14-15,19,22,36H,11-13H2,1-10H3,(H,33,39)(H,37,38)(H2,31,34,35,40)/t19-,22?/m0/s1. The second-order valence-corrected chi connectivity index (χ2v) is 15.3. The Morgan fingerprint density at radius 3 is 2.15 bits per heavy atom. The molecule has 5 N–H and O–H groups in total. The van der Waals surface area contributed by atoms with Gasteiger partial charge in [0.1, 0.15) is 32.9 Å². The number of thiazole rings is 1. The number of aliphatic hydroxyl groups excluding tert-OH is 1. The van der Waals surface area contributed by atoms with Crippen molar-refractivity contribution in [1.29, 1.82) is 0 Å². The minimum absolute atomic E-state index is 0.0107. The summed E-state index contributed by atoms with van der Waals surface area (Å²) in [5.74, 6) is -1.10. The molecule has 2 rings (SSSR count). The predicted octanol–water partition coefficient (Wildman–Crippen LogP) is 4.34. The number of aliphatic hydroxyl groups is 1. The molecule has 47 heavy (non-hydrogen) atoms. The fraction of sp³-hybridized carbons (Fsp3) is 0.567. The maximum absolute atomic E-state index is 13.6. The molecule has 0 aliphatic heterocycles. The highest BCUT2D eigenvalue weighted by atomic mass is 32.2. The zero-order valence-electron chi connectivity index (χ0n) is 28.3. The summed E-state index contributed by atoms with van der Waals surface area (Å²) in [6.45, 7) is 14.8. The van der Waals surface area contributed by atoms with E-state index in [1.165, 1.54) is 7.11 Å². The second kappa shape index (κ2) is 15.8. The number of carbonyl (C=O) groups excluding carboxylic acids is 2. The van der Waals surface area contributed by atoms with Crippen molar-refractivity contribution in [3.05, 3.63) is 38.8 Å². The van der Waals surface area contributed by atoms with Gasteiger partial charge in [-0.1, -0.05) is 0 Å². The molecule has 0 spiro atoms. The highest BCUT2D eigenvalue weighted by molar-refractivity contribution is 7.90. The summed E-state index contributed by atoms with van der Waals surface area (Å²) in [7, 11) is -2.79. The van der Waals surface area contributed by atoms with Gasteiger partial charge in [-0.05, 0) is 97.9 Å². The van der Waals surface area contributed by atoms with Crippen molar-refractivity contribution < 1.29 is 47.2 Å². The van der Waals surface area contributed by atoms with Crippen LogP contribution in [0.15, 0.2) is 22.2 Å². The van der Waals surface area contributed by atoms with Gasteiger partial charge in [0.05, 0.1) is 24.2 Å². The smallest absolute Gasteiger partial charge is 0.414 e. The fourth-order valence-electron chi connectivity index (χ4n) is 4.29. The first-order valence-corrected chi connectivity index (χ1v) is 16.9. The molecule has 0 aliphatic carbocycles. The summed E-state index contributed by atoms with van der Waals surface area (Å²) in [6, 6.07) is 0.611. The molecule has 0 aliphatic rings. The number of hydrogen-bond acceptors (Lipinski definition) is 12. The summed E-state index contributed by atoms with van der Waals surface area (Å²) >= 11 is 0.756. The maximum atomic E-state index is 13.6. The molecule has 1 heterocycles. The minimum Gasteiger partial charge on any atom is -0.496 e. The van der Waals surface area contributed by atoms with Crippen LogP contribution < -0.4 is 20.1 Å². The Hall–Kier alpha value is -3.96. The average Bonchev–Trinajstić information content (AvgIpc) is 3.40. The molecular weight excluding hydrogens is 654 g/mol. The molecule has 262 valence electrons. The van der Waals surface area contributed by atoms with Crippen LogP contribution in [0.5, 0.6) is 5.75 Å². The van der Waals surface area contributed by atoms with E-state index in [0.29, 0.717) is 22.4 Å². The number of nitrogens with one attached hydrogen (secondary N) is 3. The molecule has 1 aromatic carbocycles. The first-order chi connectivity index (χ1) is 21.5.